The topological polar surface area (TPSA) is 73.2 Å². The Morgan fingerprint density at radius 3 is 2.57 bits per heavy atom. The van der Waals surface area contributed by atoms with Gasteiger partial charge in [-0.15, -0.1) is 0 Å². The number of benzene rings is 3. The quantitative estimate of drug-likeness (QED) is 0.683. The second-order valence-electron chi connectivity index (χ2n) is 6.94. The first-order valence-electron chi connectivity index (χ1n) is 9.30. The van der Waals surface area contributed by atoms with Gasteiger partial charge in [-0.25, -0.2) is 4.39 Å². The number of amides is 2. The summed E-state index contributed by atoms with van der Waals surface area (Å²) in [5.41, 5.74) is 2.88. The van der Waals surface area contributed by atoms with E-state index in [9.17, 15) is 14.0 Å². The number of carbonyl (C=O) groups is 2. The van der Waals surface area contributed by atoms with Crippen molar-refractivity contribution in [1.29, 1.82) is 5.26 Å². The van der Waals surface area contributed by atoms with E-state index in [1.165, 1.54) is 23.1 Å². The van der Waals surface area contributed by atoms with Gasteiger partial charge < -0.3 is 10.2 Å². The third kappa shape index (κ3) is 4.70. The van der Waals surface area contributed by atoms with Gasteiger partial charge in [-0.3, -0.25) is 9.59 Å². The van der Waals surface area contributed by atoms with Crippen LogP contribution >= 0.6 is 0 Å². The SMILES string of the molecule is Cc1ccc(C(=O)N(C)Cc2cccc(C#N)c2)cc1NC(=O)c1ccccc1F. The summed E-state index contributed by atoms with van der Waals surface area (Å²) in [6.07, 6.45) is 0. The highest BCUT2D eigenvalue weighted by atomic mass is 19.1. The summed E-state index contributed by atoms with van der Waals surface area (Å²) in [6.45, 7) is 2.13. The van der Waals surface area contributed by atoms with Crippen LogP contribution in [-0.4, -0.2) is 23.8 Å². The maximum atomic E-state index is 13.9. The molecule has 0 aromatic heterocycles. The van der Waals surface area contributed by atoms with E-state index in [0.717, 1.165) is 11.1 Å². The molecule has 150 valence electrons. The van der Waals surface area contributed by atoms with Crippen LogP contribution in [0.4, 0.5) is 10.1 Å². The number of anilines is 1. The average Bonchev–Trinajstić information content (AvgIpc) is 2.75. The number of nitrogens with zero attached hydrogens (tertiary/aromatic N) is 2. The van der Waals surface area contributed by atoms with Gasteiger partial charge in [0.1, 0.15) is 5.82 Å². The fourth-order valence-corrected chi connectivity index (χ4v) is 3.03. The number of hydrogen-bond acceptors (Lipinski definition) is 3. The first-order chi connectivity index (χ1) is 14.4. The zero-order valence-electron chi connectivity index (χ0n) is 16.6. The van der Waals surface area contributed by atoms with E-state index < -0.39 is 11.7 Å². The molecule has 0 aliphatic heterocycles. The zero-order chi connectivity index (χ0) is 21.7. The zero-order valence-corrected chi connectivity index (χ0v) is 16.6. The minimum atomic E-state index is -0.612. The van der Waals surface area contributed by atoms with Crippen molar-refractivity contribution in [2.24, 2.45) is 0 Å². The van der Waals surface area contributed by atoms with E-state index >= 15 is 0 Å². The first kappa shape index (κ1) is 20.7. The van der Waals surface area contributed by atoms with Crippen molar-refractivity contribution >= 4 is 17.5 Å². The largest absolute Gasteiger partial charge is 0.337 e. The molecule has 1 N–H and O–H groups in total. The molecule has 0 aliphatic carbocycles. The third-order valence-electron chi connectivity index (χ3n) is 4.67. The predicted octanol–water partition coefficient (Wildman–Crippen LogP) is 4.53. The lowest BCUT2D eigenvalue weighted by molar-refractivity contribution is 0.0784. The van der Waals surface area contributed by atoms with Crippen molar-refractivity contribution in [2.45, 2.75) is 13.5 Å². The highest BCUT2D eigenvalue weighted by molar-refractivity contribution is 6.05. The number of rotatable bonds is 5. The fraction of sp³-hybridized carbons (Fsp3) is 0.125. The van der Waals surface area contributed by atoms with Crippen LogP contribution in [0, 0.1) is 24.1 Å². The van der Waals surface area contributed by atoms with Crippen LogP contribution in [-0.2, 0) is 6.54 Å². The van der Waals surface area contributed by atoms with Crippen molar-refractivity contribution < 1.29 is 14.0 Å². The van der Waals surface area contributed by atoms with Gasteiger partial charge in [0.25, 0.3) is 11.8 Å². The van der Waals surface area contributed by atoms with Crippen molar-refractivity contribution in [3.63, 3.8) is 0 Å². The molecule has 3 aromatic carbocycles. The average molecular weight is 401 g/mol. The molecule has 0 heterocycles. The number of hydrogen-bond donors (Lipinski definition) is 1. The summed E-state index contributed by atoms with van der Waals surface area (Å²) in [5.74, 6) is -1.43. The van der Waals surface area contributed by atoms with Gasteiger partial charge >= 0.3 is 0 Å². The van der Waals surface area contributed by atoms with Gasteiger partial charge in [0.2, 0.25) is 0 Å². The molecule has 0 bridgehead atoms. The third-order valence-corrected chi connectivity index (χ3v) is 4.67. The normalized spacial score (nSPS) is 10.2. The molecular formula is C24H20FN3O2. The van der Waals surface area contributed by atoms with Gasteiger partial charge in [-0.2, -0.15) is 5.26 Å². The van der Waals surface area contributed by atoms with Crippen LogP contribution in [0.3, 0.4) is 0 Å². The van der Waals surface area contributed by atoms with Crippen LogP contribution in [0.15, 0.2) is 66.7 Å². The van der Waals surface area contributed by atoms with Gasteiger partial charge in [-0.1, -0.05) is 30.3 Å². The van der Waals surface area contributed by atoms with Crippen molar-refractivity contribution in [1.82, 2.24) is 4.90 Å². The second kappa shape index (κ2) is 9.01. The molecule has 3 aromatic rings. The number of carbonyl (C=O) groups excluding carboxylic acids is 2. The van der Waals surface area contributed by atoms with E-state index in [-0.39, 0.29) is 11.5 Å². The Labute approximate surface area is 174 Å². The standard InChI is InChI=1S/C24H20FN3O2/c1-16-10-11-19(13-22(16)27-23(29)20-8-3-4-9-21(20)25)24(30)28(2)15-18-7-5-6-17(12-18)14-26/h3-13H,15H2,1-2H3,(H,27,29). The molecule has 0 saturated heterocycles. The molecule has 0 aliphatic rings. The number of nitrogens with one attached hydrogen (secondary N) is 1. The summed E-state index contributed by atoms with van der Waals surface area (Å²) in [5, 5.41) is 11.7. The summed E-state index contributed by atoms with van der Waals surface area (Å²) in [4.78, 5) is 26.8. The summed E-state index contributed by atoms with van der Waals surface area (Å²) >= 11 is 0. The molecule has 0 unspecified atom stereocenters. The minimum absolute atomic E-state index is 0.0666. The summed E-state index contributed by atoms with van der Waals surface area (Å²) in [6, 6.07) is 19.8. The Hall–Kier alpha value is -3.98. The van der Waals surface area contributed by atoms with Crippen molar-refractivity contribution in [3.8, 4) is 6.07 Å². The van der Waals surface area contributed by atoms with Crippen LogP contribution in [0.2, 0.25) is 0 Å². The number of nitriles is 1. The summed E-state index contributed by atoms with van der Waals surface area (Å²) in [7, 11) is 1.67. The monoisotopic (exact) mass is 401 g/mol. The fourth-order valence-electron chi connectivity index (χ4n) is 3.03. The molecular weight excluding hydrogens is 381 g/mol. The Morgan fingerprint density at radius 2 is 1.83 bits per heavy atom. The Kier molecular flexibility index (Phi) is 6.23. The predicted molar refractivity (Wildman–Crippen MR) is 112 cm³/mol. The van der Waals surface area contributed by atoms with Crippen LogP contribution in [0.25, 0.3) is 0 Å². The van der Waals surface area contributed by atoms with E-state index in [4.69, 9.17) is 5.26 Å². The Bertz CT molecular complexity index is 1150. The molecule has 5 nitrogen and oxygen atoms in total. The van der Waals surface area contributed by atoms with Gasteiger partial charge in [-0.05, 0) is 54.4 Å². The number of halogens is 1. The minimum Gasteiger partial charge on any atom is -0.337 e. The van der Waals surface area contributed by atoms with Gasteiger partial charge in [0, 0.05) is 24.8 Å². The molecule has 0 radical (unpaired) electrons. The molecule has 0 atom stereocenters. The molecule has 3 rings (SSSR count). The molecule has 2 amide bonds. The smallest absolute Gasteiger partial charge is 0.258 e. The van der Waals surface area contributed by atoms with Crippen LogP contribution in [0.1, 0.15) is 37.4 Å². The molecule has 6 heteroatoms. The number of aryl methyl sites for hydroxylation is 1. The van der Waals surface area contributed by atoms with Gasteiger partial charge in [0.15, 0.2) is 0 Å². The first-order valence-corrected chi connectivity index (χ1v) is 9.30. The lowest BCUT2D eigenvalue weighted by Gasteiger charge is -2.18. The van der Waals surface area contributed by atoms with Gasteiger partial charge in [0.05, 0.1) is 17.2 Å². The summed E-state index contributed by atoms with van der Waals surface area (Å²) < 4.78 is 13.9. The lowest BCUT2D eigenvalue weighted by Crippen LogP contribution is -2.26. The molecule has 30 heavy (non-hydrogen) atoms. The van der Waals surface area contributed by atoms with E-state index in [1.54, 1.807) is 56.4 Å². The van der Waals surface area contributed by atoms with Crippen LogP contribution < -0.4 is 5.32 Å². The molecule has 0 fully saturated rings. The Morgan fingerprint density at radius 1 is 1.07 bits per heavy atom. The highest BCUT2D eigenvalue weighted by Gasteiger charge is 2.16. The highest BCUT2D eigenvalue weighted by Crippen LogP contribution is 2.20. The molecule has 0 spiro atoms. The maximum absolute atomic E-state index is 13.9. The van der Waals surface area contributed by atoms with Crippen molar-refractivity contribution in [3.05, 3.63) is 100 Å². The van der Waals surface area contributed by atoms with Crippen molar-refractivity contribution in [2.75, 3.05) is 12.4 Å². The molecule has 0 saturated carbocycles. The second-order valence-corrected chi connectivity index (χ2v) is 6.94. The Balaban J connectivity index is 1.78. The van der Waals surface area contributed by atoms with E-state index in [2.05, 4.69) is 11.4 Å². The lowest BCUT2D eigenvalue weighted by atomic mass is 10.1. The van der Waals surface area contributed by atoms with E-state index in [1.807, 2.05) is 6.07 Å². The maximum Gasteiger partial charge on any atom is 0.258 e. The van der Waals surface area contributed by atoms with E-state index in [0.29, 0.717) is 23.4 Å². The van der Waals surface area contributed by atoms with Crippen LogP contribution in [0.5, 0.6) is 0 Å².